The van der Waals surface area contributed by atoms with Crippen LogP contribution in [0.1, 0.15) is 36.7 Å². The summed E-state index contributed by atoms with van der Waals surface area (Å²) in [4.78, 5) is 18.1. The number of fused-ring (bicyclic) bond motifs is 1. The highest BCUT2D eigenvalue weighted by Gasteiger charge is 2.12. The topological polar surface area (TPSA) is 56.5 Å². The third-order valence-electron chi connectivity index (χ3n) is 5.29. The fourth-order valence-corrected chi connectivity index (χ4v) is 4.53. The van der Waals surface area contributed by atoms with Gasteiger partial charge in [0, 0.05) is 20.9 Å². The number of hydrogen-bond acceptors (Lipinski definition) is 4. The highest BCUT2D eigenvalue weighted by molar-refractivity contribution is 9.10. The van der Waals surface area contributed by atoms with E-state index < -0.39 is 0 Å². The third-order valence-corrected chi connectivity index (χ3v) is 7.02. The third kappa shape index (κ3) is 6.33. The van der Waals surface area contributed by atoms with E-state index in [-0.39, 0.29) is 5.56 Å². The van der Waals surface area contributed by atoms with Crippen LogP contribution < -0.4 is 10.3 Å². The number of hydrogen-bond donors (Lipinski definition) is 0. The summed E-state index contributed by atoms with van der Waals surface area (Å²) in [6, 6.07) is 16.5. The molecule has 0 N–H and O–H groups in total. The average Bonchev–Trinajstić information content (AvgIpc) is 2.84. The summed E-state index contributed by atoms with van der Waals surface area (Å²) in [5.74, 6) is 1.24. The quantitative estimate of drug-likeness (QED) is 0.184. The monoisotopic (exact) mass is 635 g/mol. The molecule has 0 unspecified atom stereocenters. The number of benzene rings is 3. The molecule has 35 heavy (non-hydrogen) atoms. The van der Waals surface area contributed by atoms with Crippen LogP contribution in [0.15, 0.2) is 73.4 Å². The van der Waals surface area contributed by atoms with Crippen molar-refractivity contribution in [2.45, 2.75) is 32.8 Å². The molecule has 4 aromatic rings. The Hall–Kier alpha value is -2.19. The molecule has 1 aromatic heterocycles. The van der Waals surface area contributed by atoms with Crippen molar-refractivity contribution in [1.29, 1.82) is 0 Å². The zero-order valence-corrected chi connectivity index (χ0v) is 23.5. The van der Waals surface area contributed by atoms with Crippen molar-refractivity contribution in [2.24, 2.45) is 5.10 Å². The average molecular weight is 638 g/mol. The van der Waals surface area contributed by atoms with E-state index in [2.05, 4.69) is 43.9 Å². The smallest absolute Gasteiger partial charge is 0.282 e. The first-order chi connectivity index (χ1) is 16.9. The van der Waals surface area contributed by atoms with Gasteiger partial charge in [-0.05, 0) is 60.5 Å². The molecule has 0 aliphatic rings. The second kappa shape index (κ2) is 11.7. The van der Waals surface area contributed by atoms with E-state index in [1.54, 1.807) is 24.4 Å². The van der Waals surface area contributed by atoms with Gasteiger partial charge >= 0.3 is 0 Å². The summed E-state index contributed by atoms with van der Waals surface area (Å²) >= 11 is 19.1. The Bertz CT molecular complexity index is 1470. The maximum atomic E-state index is 13.3. The minimum atomic E-state index is -0.216. The van der Waals surface area contributed by atoms with E-state index in [1.807, 2.05) is 36.4 Å². The van der Waals surface area contributed by atoms with Gasteiger partial charge in [-0.25, -0.2) is 4.98 Å². The molecule has 1 heterocycles. The highest BCUT2D eigenvalue weighted by atomic mass is 79.9. The van der Waals surface area contributed by atoms with Gasteiger partial charge in [-0.1, -0.05) is 74.5 Å². The van der Waals surface area contributed by atoms with Gasteiger partial charge in [0.1, 0.15) is 18.2 Å². The molecule has 9 heteroatoms. The summed E-state index contributed by atoms with van der Waals surface area (Å²) in [6.45, 7) is 2.40. The molecular weight excluding hydrogens is 617 g/mol. The molecule has 4 rings (SSSR count). The second-order valence-electron chi connectivity index (χ2n) is 7.87. The number of aryl methyl sites for hydroxylation is 1. The number of halogens is 4. The molecule has 0 fully saturated rings. The molecular formula is C26H21Br2Cl2N3O2. The molecule has 0 atom stereocenters. The predicted molar refractivity (Wildman–Crippen MR) is 150 cm³/mol. The van der Waals surface area contributed by atoms with Crippen LogP contribution in [-0.4, -0.2) is 15.9 Å². The molecule has 3 aromatic carbocycles. The van der Waals surface area contributed by atoms with Gasteiger partial charge in [-0.15, -0.1) is 0 Å². The Morgan fingerprint density at radius 2 is 1.80 bits per heavy atom. The van der Waals surface area contributed by atoms with E-state index in [9.17, 15) is 4.79 Å². The number of nitrogens with zero attached hydrogens (tertiary/aromatic N) is 3. The van der Waals surface area contributed by atoms with Gasteiger partial charge in [0.05, 0.1) is 27.2 Å². The zero-order chi connectivity index (χ0) is 24.9. The van der Waals surface area contributed by atoms with Gasteiger partial charge in [0.25, 0.3) is 5.56 Å². The lowest BCUT2D eigenvalue weighted by Crippen LogP contribution is -2.22. The van der Waals surface area contributed by atoms with Crippen molar-refractivity contribution < 1.29 is 4.74 Å². The molecule has 0 aliphatic heterocycles. The van der Waals surface area contributed by atoms with Crippen molar-refractivity contribution in [1.82, 2.24) is 9.66 Å². The van der Waals surface area contributed by atoms with Crippen molar-refractivity contribution in [3.63, 3.8) is 0 Å². The number of aromatic nitrogens is 2. The summed E-state index contributed by atoms with van der Waals surface area (Å²) < 4.78 is 9.10. The Balaban J connectivity index is 1.70. The van der Waals surface area contributed by atoms with Crippen LogP contribution in [0.25, 0.3) is 10.9 Å². The van der Waals surface area contributed by atoms with E-state index in [1.165, 1.54) is 4.68 Å². The van der Waals surface area contributed by atoms with Crippen LogP contribution in [0, 0.1) is 0 Å². The van der Waals surface area contributed by atoms with Crippen LogP contribution in [-0.2, 0) is 13.0 Å². The lowest BCUT2D eigenvalue weighted by Gasteiger charge is -2.11. The highest BCUT2D eigenvalue weighted by Crippen LogP contribution is 2.26. The van der Waals surface area contributed by atoms with Crippen LogP contribution in [0.3, 0.4) is 0 Å². The molecule has 0 radical (unpaired) electrons. The number of unbranched alkanes of at least 4 members (excludes halogenated alkanes) is 1. The molecule has 0 spiro atoms. The molecule has 0 saturated carbocycles. The summed E-state index contributed by atoms with van der Waals surface area (Å²) in [5.41, 5.74) is 2.03. The summed E-state index contributed by atoms with van der Waals surface area (Å²) in [5, 5.41) is 6.02. The minimum Gasteiger partial charge on any atom is -0.488 e. The maximum absolute atomic E-state index is 13.3. The molecule has 0 aliphatic carbocycles. The Morgan fingerprint density at radius 1 is 1.03 bits per heavy atom. The second-order valence-corrected chi connectivity index (χ2v) is 10.5. The van der Waals surface area contributed by atoms with Crippen molar-refractivity contribution in [3.8, 4) is 5.75 Å². The summed E-state index contributed by atoms with van der Waals surface area (Å²) in [6.07, 6.45) is 4.15. The van der Waals surface area contributed by atoms with Gasteiger partial charge in [0.15, 0.2) is 0 Å². The van der Waals surface area contributed by atoms with Crippen molar-refractivity contribution in [3.05, 3.63) is 101 Å². The van der Waals surface area contributed by atoms with E-state index >= 15 is 0 Å². The molecule has 0 saturated heterocycles. The zero-order valence-electron chi connectivity index (χ0n) is 18.8. The fraction of sp³-hybridized carbons (Fsp3) is 0.192. The van der Waals surface area contributed by atoms with Crippen molar-refractivity contribution in [2.75, 3.05) is 0 Å². The summed E-state index contributed by atoms with van der Waals surface area (Å²) in [7, 11) is 0. The Kier molecular flexibility index (Phi) is 8.65. The SMILES string of the molecule is CCCCc1nc2ccc(Br)cc2c(=O)n1N=Cc1cc(Br)ccc1OCc1ccc(Cl)c(Cl)c1. The van der Waals surface area contributed by atoms with E-state index in [0.717, 1.165) is 27.4 Å². The van der Waals surface area contributed by atoms with E-state index in [0.29, 0.717) is 51.1 Å². The first-order valence-electron chi connectivity index (χ1n) is 11.0. The van der Waals surface area contributed by atoms with Gasteiger partial charge < -0.3 is 4.74 Å². The Morgan fingerprint density at radius 3 is 2.57 bits per heavy atom. The van der Waals surface area contributed by atoms with Crippen molar-refractivity contribution >= 4 is 72.2 Å². The van der Waals surface area contributed by atoms with Crippen LogP contribution in [0.2, 0.25) is 10.0 Å². The number of ether oxygens (including phenoxy) is 1. The predicted octanol–water partition coefficient (Wildman–Crippen LogP) is 8.03. The van der Waals surface area contributed by atoms with Gasteiger partial charge in [-0.3, -0.25) is 4.79 Å². The normalized spacial score (nSPS) is 11.5. The van der Waals surface area contributed by atoms with Crippen LogP contribution in [0.5, 0.6) is 5.75 Å². The molecule has 180 valence electrons. The number of rotatable bonds is 8. The largest absolute Gasteiger partial charge is 0.488 e. The first kappa shape index (κ1) is 25.9. The minimum absolute atomic E-state index is 0.216. The lowest BCUT2D eigenvalue weighted by atomic mass is 10.2. The van der Waals surface area contributed by atoms with Gasteiger partial charge in [0.2, 0.25) is 0 Å². The van der Waals surface area contributed by atoms with Gasteiger partial charge in [-0.2, -0.15) is 9.78 Å². The van der Waals surface area contributed by atoms with Crippen LogP contribution in [0.4, 0.5) is 0 Å². The molecule has 5 nitrogen and oxygen atoms in total. The molecule has 0 amide bonds. The standard InChI is InChI=1S/C26H21Br2Cl2N3O2/c1-2-3-4-25-32-23-9-6-19(28)13-20(23)26(34)33(25)31-14-17-12-18(27)7-10-24(17)35-15-16-5-8-21(29)22(30)11-16/h5-14H,2-4,15H2,1H3. The Labute approximate surface area is 230 Å². The first-order valence-corrected chi connectivity index (χ1v) is 13.3. The fourth-order valence-electron chi connectivity index (χ4n) is 3.47. The van der Waals surface area contributed by atoms with E-state index in [4.69, 9.17) is 32.9 Å². The maximum Gasteiger partial charge on any atom is 0.282 e. The molecule has 0 bridgehead atoms. The van der Waals surface area contributed by atoms with Crippen LogP contribution >= 0.6 is 55.1 Å². The lowest BCUT2D eigenvalue weighted by molar-refractivity contribution is 0.305.